The second-order valence-corrected chi connectivity index (χ2v) is 9.97. The molecule has 1 fully saturated rings. The van der Waals surface area contributed by atoms with E-state index in [0.29, 0.717) is 16.8 Å². The van der Waals surface area contributed by atoms with Crippen molar-refractivity contribution in [2.24, 2.45) is 7.05 Å². The molecule has 1 N–H and O–H groups in total. The van der Waals surface area contributed by atoms with Crippen LogP contribution in [0.25, 0.3) is 16.7 Å². The minimum absolute atomic E-state index is 0.0116. The van der Waals surface area contributed by atoms with Crippen LogP contribution in [0.4, 0.5) is 11.4 Å². The quantitative estimate of drug-likeness (QED) is 0.499. The number of aryl methyl sites for hydroxylation is 1. The summed E-state index contributed by atoms with van der Waals surface area (Å²) in [5.74, 6) is 0. The molecule has 34 heavy (non-hydrogen) atoms. The Hall–Kier alpha value is -3.87. The Morgan fingerprint density at radius 2 is 1.56 bits per heavy atom. The predicted molar refractivity (Wildman–Crippen MR) is 136 cm³/mol. The van der Waals surface area contributed by atoms with Crippen LogP contribution in [0.5, 0.6) is 0 Å². The second-order valence-electron chi connectivity index (χ2n) is 9.97. The molecule has 0 saturated heterocycles. The lowest BCUT2D eigenvalue weighted by Crippen LogP contribution is -2.41. The molecule has 0 aliphatic heterocycles. The summed E-state index contributed by atoms with van der Waals surface area (Å²) in [5, 5.41) is 3.59. The van der Waals surface area contributed by atoms with Crippen LogP contribution in [-0.4, -0.2) is 13.7 Å². The van der Waals surface area contributed by atoms with Crippen molar-refractivity contribution in [2.75, 3.05) is 5.32 Å². The predicted octanol–water partition coefficient (Wildman–Crippen LogP) is 4.23. The highest BCUT2D eigenvalue weighted by atomic mass is 16.2. The number of anilines is 2. The van der Waals surface area contributed by atoms with E-state index in [1.807, 2.05) is 42.5 Å². The first-order valence-corrected chi connectivity index (χ1v) is 11.5. The van der Waals surface area contributed by atoms with Gasteiger partial charge in [0.2, 0.25) is 0 Å². The SMILES string of the molecule is Cn1c(=O)cc(Nc2ccc(C(C)(C)C)cc2)c2c(=O)n(C3CC3)c(=O)n(-c3ccccc3)c21. The molecular formula is C27H28N4O3. The highest BCUT2D eigenvalue weighted by Gasteiger charge is 2.30. The van der Waals surface area contributed by atoms with E-state index < -0.39 is 5.69 Å². The second kappa shape index (κ2) is 7.87. The largest absolute Gasteiger partial charge is 0.355 e. The van der Waals surface area contributed by atoms with Gasteiger partial charge in [-0.2, -0.15) is 0 Å². The minimum atomic E-state index is -0.423. The zero-order chi connectivity index (χ0) is 24.2. The van der Waals surface area contributed by atoms with Crippen LogP contribution >= 0.6 is 0 Å². The maximum Gasteiger partial charge on any atom is 0.337 e. The number of hydrogen-bond donors (Lipinski definition) is 1. The van der Waals surface area contributed by atoms with Crippen molar-refractivity contribution >= 4 is 22.4 Å². The molecule has 0 bridgehead atoms. The average molecular weight is 457 g/mol. The minimum Gasteiger partial charge on any atom is -0.355 e. The van der Waals surface area contributed by atoms with Crippen LogP contribution in [0.2, 0.25) is 0 Å². The molecule has 1 aliphatic carbocycles. The number of fused-ring (bicyclic) bond motifs is 1. The van der Waals surface area contributed by atoms with Crippen molar-refractivity contribution < 1.29 is 0 Å². The number of aromatic nitrogens is 3. The number of benzene rings is 2. The lowest BCUT2D eigenvalue weighted by Gasteiger charge is -2.20. The molecule has 2 heterocycles. The number of para-hydroxylation sites is 1. The lowest BCUT2D eigenvalue weighted by molar-refractivity contribution is 0.590. The third-order valence-corrected chi connectivity index (χ3v) is 6.41. The first kappa shape index (κ1) is 21.9. The molecule has 5 rings (SSSR count). The molecule has 0 spiro atoms. The Labute approximate surface area is 196 Å². The topological polar surface area (TPSA) is 78.0 Å². The molecule has 7 heteroatoms. The summed E-state index contributed by atoms with van der Waals surface area (Å²) in [6.07, 6.45) is 1.58. The first-order chi connectivity index (χ1) is 16.2. The molecule has 0 atom stereocenters. The lowest BCUT2D eigenvalue weighted by atomic mass is 9.87. The van der Waals surface area contributed by atoms with Gasteiger partial charge in [0.05, 0.1) is 11.4 Å². The molecular weight excluding hydrogens is 428 g/mol. The van der Waals surface area contributed by atoms with Gasteiger partial charge in [-0.15, -0.1) is 0 Å². The van der Waals surface area contributed by atoms with E-state index in [1.54, 1.807) is 19.2 Å². The van der Waals surface area contributed by atoms with Gasteiger partial charge in [0.15, 0.2) is 0 Å². The van der Waals surface area contributed by atoms with Gasteiger partial charge in [-0.1, -0.05) is 51.1 Å². The average Bonchev–Trinajstić information content (AvgIpc) is 3.62. The van der Waals surface area contributed by atoms with E-state index in [1.165, 1.54) is 25.3 Å². The van der Waals surface area contributed by atoms with Gasteiger partial charge in [0.1, 0.15) is 11.0 Å². The van der Waals surface area contributed by atoms with Crippen molar-refractivity contribution in [3.8, 4) is 5.69 Å². The maximum atomic E-state index is 13.7. The molecule has 174 valence electrons. The molecule has 0 radical (unpaired) electrons. The van der Waals surface area contributed by atoms with Crippen molar-refractivity contribution in [3.63, 3.8) is 0 Å². The molecule has 4 aromatic rings. The Morgan fingerprint density at radius 3 is 2.15 bits per heavy atom. The van der Waals surface area contributed by atoms with E-state index >= 15 is 0 Å². The number of pyridine rings is 1. The Kier molecular flexibility index (Phi) is 5.08. The van der Waals surface area contributed by atoms with Crippen LogP contribution in [0.3, 0.4) is 0 Å². The standard InChI is InChI=1S/C27H28N4O3/c1-27(2,3)17-10-12-18(13-11-17)28-21-16-22(32)29(4)24-23(21)25(33)31(20-14-15-20)26(34)30(24)19-8-6-5-7-9-19/h5-13,16,20,28H,14-15H2,1-4H3. The van der Waals surface area contributed by atoms with Crippen LogP contribution in [0, 0.1) is 0 Å². The smallest absolute Gasteiger partial charge is 0.337 e. The summed E-state index contributed by atoms with van der Waals surface area (Å²) in [7, 11) is 1.59. The van der Waals surface area contributed by atoms with Crippen LogP contribution in [0.15, 0.2) is 75.0 Å². The molecule has 7 nitrogen and oxygen atoms in total. The Morgan fingerprint density at radius 1 is 0.912 bits per heavy atom. The van der Waals surface area contributed by atoms with Crippen LogP contribution in [-0.2, 0) is 12.5 Å². The molecule has 0 amide bonds. The molecule has 1 saturated carbocycles. The van der Waals surface area contributed by atoms with E-state index in [9.17, 15) is 14.4 Å². The third-order valence-electron chi connectivity index (χ3n) is 6.41. The number of hydrogen-bond acceptors (Lipinski definition) is 4. The van der Waals surface area contributed by atoms with E-state index in [0.717, 1.165) is 18.5 Å². The molecule has 2 aromatic heterocycles. The van der Waals surface area contributed by atoms with Gasteiger partial charge < -0.3 is 5.32 Å². The Bertz CT molecular complexity index is 1570. The van der Waals surface area contributed by atoms with Crippen molar-refractivity contribution in [1.29, 1.82) is 0 Å². The fourth-order valence-corrected chi connectivity index (χ4v) is 4.34. The number of nitrogens with zero attached hydrogens (tertiary/aromatic N) is 3. The normalized spacial score (nSPS) is 13.9. The zero-order valence-electron chi connectivity index (χ0n) is 19.8. The van der Waals surface area contributed by atoms with Gasteiger partial charge in [0, 0.05) is 24.8 Å². The molecule has 1 aliphatic rings. The highest BCUT2D eigenvalue weighted by molar-refractivity contribution is 5.91. The number of nitrogens with one attached hydrogen (secondary N) is 1. The van der Waals surface area contributed by atoms with Crippen LogP contribution in [0.1, 0.15) is 45.2 Å². The Balaban J connectivity index is 1.80. The summed E-state index contributed by atoms with van der Waals surface area (Å²) in [5.41, 5.74) is 2.12. The fourth-order valence-electron chi connectivity index (χ4n) is 4.34. The maximum absolute atomic E-state index is 13.7. The molecule has 2 aromatic carbocycles. The van der Waals surface area contributed by atoms with E-state index in [2.05, 4.69) is 26.1 Å². The van der Waals surface area contributed by atoms with Crippen molar-refractivity contribution in [3.05, 3.63) is 97.4 Å². The highest BCUT2D eigenvalue weighted by Crippen LogP contribution is 2.33. The van der Waals surface area contributed by atoms with Gasteiger partial charge in [0.25, 0.3) is 11.1 Å². The van der Waals surface area contributed by atoms with Gasteiger partial charge in [-0.25, -0.2) is 9.36 Å². The number of rotatable bonds is 4. The zero-order valence-corrected chi connectivity index (χ0v) is 19.8. The molecule has 0 unspecified atom stereocenters. The summed E-state index contributed by atoms with van der Waals surface area (Å²) < 4.78 is 4.19. The summed E-state index contributed by atoms with van der Waals surface area (Å²) in [6.45, 7) is 6.44. The third kappa shape index (κ3) is 3.67. The first-order valence-electron chi connectivity index (χ1n) is 11.5. The fraction of sp³-hybridized carbons (Fsp3) is 0.296. The van der Waals surface area contributed by atoms with Gasteiger partial charge in [-0.3, -0.25) is 18.7 Å². The summed E-state index contributed by atoms with van der Waals surface area (Å²) in [4.78, 5) is 40.2. The van der Waals surface area contributed by atoms with Crippen LogP contribution < -0.4 is 22.1 Å². The van der Waals surface area contributed by atoms with E-state index in [-0.39, 0.29) is 28.2 Å². The monoisotopic (exact) mass is 456 g/mol. The van der Waals surface area contributed by atoms with Gasteiger partial charge >= 0.3 is 5.69 Å². The van der Waals surface area contributed by atoms with Crippen molar-refractivity contribution in [1.82, 2.24) is 13.7 Å². The van der Waals surface area contributed by atoms with Crippen molar-refractivity contribution in [2.45, 2.75) is 45.1 Å². The van der Waals surface area contributed by atoms with Gasteiger partial charge in [-0.05, 0) is 48.1 Å². The van der Waals surface area contributed by atoms with E-state index in [4.69, 9.17) is 0 Å². The summed E-state index contributed by atoms with van der Waals surface area (Å²) in [6, 6.07) is 18.4. The summed E-state index contributed by atoms with van der Waals surface area (Å²) >= 11 is 0.